The van der Waals surface area contributed by atoms with Crippen LogP contribution in [0.15, 0.2) is 34.9 Å². The summed E-state index contributed by atoms with van der Waals surface area (Å²) in [7, 11) is 0. The predicted octanol–water partition coefficient (Wildman–Crippen LogP) is 3.08. The standard InChI is InChI=1S/C27H35BrN6O3/c28-22-16-29-26(32-24(22)31-23-19-11-17-12-20(23)15-27(37,13-17)14-19)30-21-3-1-18(2-4-21)25(36)34-7-5-33(6-8-34)9-10-35/h1-4,16-17,19-20,23,35,37H,5-15H2,(H2,29,30,31,32)/t17?,19?,20?,23-,27-. The van der Waals surface area contributed by atoms with Gasteiger partial charge in [0.15, 0.2) is 0 Å². The van der Waals surface area contributed by atoms with E-state index in [1.165, 1.54) is 12.8 Å². The summed E-state index contributed by atoms with van der Waals surface area (Å²) in [6.45, 7) is 3.71. The molecule has 37 heavy (non-hydrogen) atoms. The minimum absolute atomic E-state index is 0.0295. The van der Waals surface area contributed by atoms with Gasteiger partial charge in [-0.1, -0.05) is 0 Å². The molecule has 2 atom stereocenters. The van der Waals surface area contributed by atoms with E-state index in [-0.39, 0.29) is 12.5 Å². The maximum absolute atomic E-state index is 12.9. The lowest BCUT2D eigenvalue weighted by Gasteiger charge is -2.58. The summed E-state index contributed by atoms with van der Waals surface area (Å²) in [5, 5.41) is 27.0. The van der Waals surface area contributed by atoms with Crippen molar-refractivity contribution in [3.63, 3.8) is 0 Å². The molecule has 198 valence electrons. The smallest absolute Gasteiger partial charge is 0.253 e. The molecule has 1 amide bonds. The van der Waals surface area contributed by atoms with Crippen LogP contribution in [0.3, 0.4) is 0 Å². The average molecular weight is 572 g/mol. The molecule has 10 heteroatoms. The van der Waals surface area contributed by atoms with Gasteiger partial charge in [0.1, 0.15) is 5.82 Å². The SMILES string of the molecule is O=C(c1ccc(Nc2ncc(Br)c(N[C@H]3C4CC5CC3C[C@](O)(C5)C4)n2)cc1)N1CCN(CCO)CC1. The maximum atomic E-state index is 12.9. The van der Waals surface area contributed by atoms with Gasteiger partial charge in [0.25, 0.3) is 5.91 Å². The highest BCUT2D eigenvalue weighted by Gasteiger charge is 2.54. The first-order valence-corrected chi connectivity index (χ1v) is 14.2. The third kappa shape index (κ3) is 5.21. The molecule has 1 saturated heterocycles. The number of amides is 1. The fourth-order valence-corrected chi connectivity index (χ4v) is 7.53. The number of β-amino-alcohol motifs (C(OH)–C–C–N with tert-alkyl or cyclic N) is 1. The number of rotatable bonds is 7. The zero-order valence-corrected chi connectivity index (χ0v) is 22.5. The molecule has 4 N–H and O–H groups in total. The van der Waals surface area contributed by atoms with Crippen molar-refractivity contribution in [2.75, 3.05) is 50.0 Å². The van der Waals surface area contributed by atoms with E-state index < -0.39 is 5.60 Å². The number of piperazine rings is 1. The number of aliphatic hydroxyl groups is 2. The van der Waals surface area contributed by atoms with Gasteiger partial charge in [-0.3, -0.25) is 9.69 Å². The van der Waals surface area contributed by atoms with Gasteiger partial charge in [0.05, 0.1) is 16.7 Å². The summed E-state index contributed by atoms with van der Waals surface area (Å²) in [5.41, 5.74) is 1.02. The summed E-state index contributed by atoms with van der Waals surface area (Å²) in [6.07, 6.45) is 6.88. The lowest BCUT2D eigenvalue weighted by molar-refractivity contribution is -0.129. The van der Waals surface area contributed by atoms with Crippen molar-refractivity contribution >= 4 is 39.3 Å². The van der Waals surface area contributed by atoms with Crippen LogP contribution in [0.4, 0.5) is 17.5 Å². The normalized spacial score (nSPS) is 30.9. The molecular weight excluding hydrogens is 536 g/mol. The van der Waals surface area contributed by atoms with Crippen molar-refractivity contribution < 1.29 is 15.0 Å². The van der Waals surface area contributed by atoms with Crippen molar-refractivity contribution in [1.29, 1.82) is 0 Å². The molecule has 4 aliphatic carbocycles. The molecular formula is C27H35BrN6O3. The Morgan fingerprint density at radius 1 is 1.08 bits per heavy atom. The van der Waals surface area contributed by atoms with Gasteiger partial charge in [-0.2, -0.15) is 4.98 Å². The Kier molecular flexibility index (Phi) is 6.85. The molecule has 5 fully saturated rings. The highest BCUT2D eigenvalue weighted by Crippen LogP contribution is 2.56. The number of halogens is 1. The van der Waals surface area contributed by atoms with Crippen LogP contribution < -0.4 is 10.6 Å². The predicted molar refractivity (Wildman–Crippen MR) is 145 cm³/mol. The van der Waals surface area contributed by atoms with Crippen LogP contribution in [-0.2, 0) is 0 Å². The van der Waals surface area contributed by atoms with Gasteiger partial charge in [-0.25, -0.2) is 4.98 Å². The van der Waals surface area contributed by atoms with E-state index in [9.17, 15) is 9.90 Å². The first-order valence-electron chi connectivity index (χ1n) is 13.4. The number of aromatic nitrogens is 2. The molecule has 2 heterocycles. The second-order valence-corrected chi connectivity index (χ2v) is 12.2. The van der Waals surface area contributed by atoms with Crippen molar-refractivity contribution in [2.24, 2.45) is 17.8 Å². The Morgan fingerprint density at radius 3 is 2.43 bits per heavy atom. The number of nitrogens with one attached hydrogen (secondary N) is 2. The van der Waals surface area contributed by atoms with Gasteiger partial charge < -0.3 is 25.7 Å². The molecule has 0 radical (unpaired) electrons. The molecule has 4 saturated carbocycles. The summed E-state index contributed by atoms with van der Waals surface area (Å²) in [4.78, 5) is 26.1. The molecule has 2 aromatic rings. The molecule has 5 aliphatic rings. The summed E-state index contributed by atoms with van der Waals surface area (Å²) < 4.78 is 0.825. The van der Waals surface area contributed by atoms with Gasteiger partial charge in [0.2, 0.25) is 5.95 Å². The van der Waals surface area contributed by atoms with Gasteiger partial charge in [-0.15, -0.1) is 0 Å². The monoisotopic (exact) mass is 570 g/mol. The fourth-order valence-electron chi connectivity index (χ4n) is 7.23. The highest BCUT2D eigenvalue weighted by atomic mass is 79.9. The Bertz CT molecular complexity index is 1120. The molecule has 0 spiro atoms. The minimum Gasteiger partial charge on any atom is -0.395 e. The number of carbonyl (C=O) groups is 1. The molecule has 1 aromatic heterocycles. The highest BCUT2D eigenvalue weighted by molar-refractivity contribution is 9.10. The number of hydrogen-bond donors (Lipinski definition) is 4. The zero-order chi connectivity index (χ0) is 25.6. The Balaban J connectivity index is 1.09. The lowest BCUT2D eigenvalue weighted by atomic mass is 9.52. The summed E-state index contributed by atoms with van der Waals surface area (Å²) >= 11 is 3.61. The number of benzene rings is 1. The van der Waals surface area contributed by atoms with E-state index >= 15 is 0 Å². The summed E-state index contributed by atoms with van der Waals surface area (Å²) in [5.74, 6) is 2.93. The third-order valence-electron chi connectivity index (χ3n) is 8.75. The number of nitrogens with zero attached hydrogens (tertiary/aromatic N) is 4. The van der Waals surface area contributed by atoms with E-state index in [0.717, 1.165) is 48.3 Å². The van der Waals surface area contributed by atoms with Crippen LogP contribution in [0.25, 0.3) is 0 Å². The van der Waals surface area contributed by atoms with Crippen molar-refractivity contribution in [1.82, 2.24) is 19.8 Å². The van der Waals surface area contributed by atoms with E-state index in [1.807, 2.05) is 29.2 Å². The van der Waals surface area contributed by atoms with Gasteiger partial charge in [0, 0.05) is 56.2 Å². The number of hydrogen-bond acceptors (Lipinski definition) is 8. The van der Waals surface area contributed by atoms with Crippen molar-refractivity contribution in [3.8, 4) is 0 Å². The fraction of sp³-hybridized carbons (Fsp3) is 0.593. The maximum Gasteiger partial charge on any atom is 0.253 e. The number of anilines is 3. The molecule has 1 aromatic carbocycles. The topological polar surface area (TPSA) is 114 Å². The molecule has 9 nitrogen and oxygen atoms in total. The third-order valence-corrected chi connectivity index (χ3v) is 9.33. The molecule has 4 bridgehead atoms. The van der Waals surface area contributed by atoms with E-state index in [4.69, 9.17) is 10.1 Å². The van der Waals surface area contributed by atoms with Crippen LogP contribution in [0, 0.1) is 17.8 Å². The van der Waals surface area contributed by atoms with Crippen molar-refractivity contribution in [2.45, 2.75) is 43.7 Å². The second kappa shape index (κ2) is 10.1. The van der Waals surface area contributed by atoms with E-state index in [0.29, 0.717) is 54.9 Å². The zero-order valence-electron chi connectivity index (χ0n) is 20.9. The van der Waals surface area contributed by atoms with Crippen LogP contribution >= 0.6 is 15.9 Å². The molecule has 1 aliphatic heterocycles. The Labute approximate surface area is 225 Å². The Hall–Kier alpha value is -2.27. The first kappa shape index (κ1) is 25.0. The average Bonchev–Trinajstić information content (AvgIpc) is 2.88. The Morgan fingerprint density at radius 2 is 1.78 bits per heavy atom. The minimum atomic E-state index is -0.452. The second-order valence-electron chi connectivity index (χ2n) is 11.3. The van der Waals surface area contributed by atoms with Crippen molar-refractivity contribution in [3.05, 3.63) is 40.5 Å². The lowest BCUT2D eigenvalue weighted by Crippen LogP contribution is -2.59. The van der Waals surface area contributed by atoms with E-state index in [1.54, 1.807) is 6.20 Å². The van der Waals surface area contributed by atoms with Crippen LogP contribution in [-0.4, -0.2) is 86.9 Å². The molecule has 2 unspecified atom stereocenters. The van der Waals surface area contributed by atoms with Crippen LogP contribution in [0.1, 0.15) is 42.5 Å². The van der Waals surface area contributed by atoms with Crippen LogP contribution in [0.2, 0.25) is 0 Å². The van der Waals surface area contributed by atoms with Gasteiger partial charge in [-0.05, 0) is 90.1 Å². The number of aliphatic hydroxyl groups excluding tert-OH is 1. The van der Waals surface area contributed by atoms with Crippen LogP contribution in [0.5, 0.6) is 0 Å². The van der Waals surface area contributed by atoms with E-state index in [2.05, 4.69) is 36.4 Å². The first-order chi connectivity index (χ1) is 17.9. The number of carbonyl (C=O) groups excluding carboxylic acids is 1. The largest absolute Gasteiger partial charge is 0.395 e. The molecule has 7 rings (SSSR count). The quantitative estimate of drug-likeness (QED) is 0.401. The summed E-state index contributed by atoms with van der Waals surface area (Å²) in [6, 6.07) is 7.76. The van der Waals surface area contributed by atoms with Gasteiger partial charge >= 0.3 is 0 Å².